The lowest BCUT2D eigenvalue weighted by molar-refractivity contribution is 0.123. The van der Waals surface area contributed by atoms with E-state index >= 15 is 0 Å². The van der Waals surface area contributed by atoms with Gasteiger partial charge in [0.25, 0.3) is 0 Å². The molecule has 0 fully saturated rings. The molecule has 0 amide bonds. The zero-order valence-electron chi connectivity index (χ0n) is 13.5. The van der Waals surface area contributed by atoms with Crippen molar-refractivity contribution in [3.8, 4) is 0 Å². The first-order valence-corrected chi connectivity index (χ1v) is 9.50. The number of hydrogen-bond donors (Lipinski definition) is 1. The molecule has 0 aromatic heterocycles. The minimum Gasteiger partial charge on any atom is -0.377 e. The minimum atomic E-state index is -2.37. The highest BCUT2D eigenvalue weighted by Gasteiger charge is 2.36. The van der Waals surface area contributed by atoms with Crippen molar-refractivity contribution < 1.29 is 13.3 Å². The van der Waals surface area contributed by atoms with Gasteiger partial charge < -0.3 is 18.6 Å². The van der Waals surface area contributed by atoms with E-state index in [1.165, 1.54) is 32.1 Å². The van der Waals surface area contributed by atoms with Gasteiger partial charge in [-0.25, -0.2) is 0 Å². The van der Waals surface area contributed by atoms with E-state index < -0.39 is 8.80 Å². The second kappa shape index (κ2) is 11.8. The van der Waals surface area contributed by atoms with Gasteiger partial charge in [0.2, 0.25) is 0 Å². The van der Waals surface area contributed by atoms with Gasteiger partial charge in [-0.2, -0.15) is 0 Å². The SMILES string of the molecule is CCCCC(CCC)NCCC[Si](OC)(OC)OC. The molecule has 5 heteroatoms. The van der Waals surface area contributed by atoms with E-state index in [4.69, 9.17) is 13.3 Å². The third-order valence-corrected chi connectivity index (χ3v) is 6.40. The maximum Gasteiger partial charge on any atom is 0.500 e. The summed E-state index contributed by atoms with van der Waals surface area (Å²) < 4.78 is 16.3. The van der Waals surface area contributed by atoms with Gasteiger partial charge in [-0.3, -0.25) is 0 Å². The summed E-state index contributed by atoms with van der Waals surface area (Å²) in [6, 6.07) is 1.53. The zero-order chi connectivity index (χ0) is 14.6. The van der Waals surface area contributed by atoms with Crippen molar-refractivity contribution in [3.63, 3.8) is 0 Å². The van der Waals surface area contributed by atoms with Gasteiger partial charge in [0.05, 0.1) is 0 Å². The normalized spacial score (nSPS) is 13.7. The Kier molecular flexibility index (Phi) is 11.9. The van der Waals surface area contributed by atoms with Crippen LogP contribution in [0, 0.1) is 0 Å². The summed E-state index contributed by atoms with van der Waals surface area (Å²) in [5.41, 5.74) is 0. The molecule has 19 heavy (non-hydrogen) atoms. The molecule has 0 saturated heterocycles. The predicted octanol–water partition coefficient (Wildman–Crippen LogP) is 3.20. The van der Waals surface area contributed by atoms with Crippen LogP contribution in [-0.2, 0) is 13.3 Å². The Balaban J connectivity index is 3.91. The fraction of sp³-hybridized carbons (Fsp3) is 1.00. The van der Waals surface area contributed by atoms with Crippen molar-refractivity contribution in [2.75, 3.05) is 27.9 Å². The molecule has 1 N–H and O–H groups in total. The lowest BCUT2D eigenvalue weighted by Gasteiger charge is -2.25. The molecule has 116 valence electrons. The van der Waals surface area contributed by atoms with Crippen LogP contribution in [0.25, 0.3) is 0 Å². The second-order valence-corrected chi connectivity index (χ2v) is 8.07. The Bertz CT molecular complexity index is 193. The molecule has 0 rings (SSSR count). The Morgan fingerprint density at radius 2 is 1.53 bits per heavy atom. The van der Waals surface area contributed by atoms with Crippen LogP contribution >= 0.6 is 0 Å². The van der Waals surface area contributed by atoms with Gasteiger partial charge in [0, 0.05) is 33.4 Å². The van der Waals surface area contributed by atoms with Crippen LogP contribution in [-0.4, -0.2) is 42.7 Å². The van der Waals surface area contributed by atoms with Crippen molar-refractivity contribution in [3.05, 3.63) is 0 Å². The molecule has 0 aliphatic heterocycles. The second-order valence-electron chi connectivity index (χ2n) is 4.98. The average molecular weight is 292 g/mol. The molecule has 0 aromatic rings. The highest BCUT2D eigenvalue weighted by Crippen LogP contribution is 2.15. The van der Waals surface area contributed by atoms with Gasteiger partial charge in [0.1, 0.15) is 0 Å². The lowest BCUT2D eigenvalue weighted by atomic mass is 10.1. The summed E-state index contributed by atoms with van der Waals surface area (Å²) >= 11 is 0. The van der Waals surface area contributed by atoms with Crippen LogP contribution < -0.4 is 5.32 Å². The summed E-state index contributed by atoms with van der Waals surface area (Å²) in [6.07, 6.45) is 7.41. The summed E-state index contributed by atoms with van der Waals surface area (Å²) in [7, 11) is 2.65. The molecule has 0 bridgehead atoms. The number of rotatable bonds is 13. The van der Waals surface area contributed by atoms with E-state index in [0.717, 1.165) is 19.0 Å². The van der Waals surface area contributed by atoms with E-state index in [1.54, 1.807) is 21.3 Å². The molecule has 0 spiro atoms. The molecule has 0 radical (unpaired) electrons. The van der Waals surface area contributed by atoms with Crippen LogP contribution in [0.2, 0.25) is 6.04 Å². The van der Waals surface area contributed by atoms with Crippen molar-refractivity contribution in [1.82, 2.24) is 5.32 Å². The molecule has 1 unspecified atom stereocenters. The molecule has 0 heterocycles. The van der Waals surface area contributed by atoms with E-state index in [-0.39, 0.29) is 0 Å². The smallest absolute Gasteiger partial charge is 0.377 e. The summed E-state index contributed by atoms with van der Waals surface area (Å²) in [5, 5.41) is 3.66. The topological polar surface area (TPSA) is 39.7 Å². The van der Waals surface area contributed by atoms with Crippen LogP contribution in [0.3, 0.4) is 0 Å². The Morgan fingerprint density at radius 3 is 2.00 bits per heavy atom. The fourth-order valence-corrected chi connectivity index (χ4v) is 4.04. The molecule has 4 nitrogen and oxygen atoms in total. The fourth-order valence-electron chi connectivity index (χ4n) is 2.31. The average Bonchev–Trinajstić information content (AvgIpc) is 2.45. The minimum absolute atomic E-state index is 0.661. The van der Waals surface area contributed by atoms with Crippen molar-refractivity contribution in [1.29, 1.82) is 0 Å². The summed E-state index contributed by atoms with van der Waals surface area (Å²) in [6.45, 7) is 5.51. The first-order chi connectivity index (χ1) is 9.17. The number of hydrogen-bond acceptors (Lipinski definition) is 4. The first kappa shape index (κ1) is 19.1. The van der Waals surface area contributed by atoms with Crippen molar-refractivity contribution in [2.45, 2.75) is 64.5 Å². The quantitative estimate of drug-likeness (QED) is 0.418. The maximum atomic E-state index is 5.42. The number of unbranched alkanes of at least 4 members (excludes halogenated alkanes) is 1. The Morgan fingerprint density at radius 1 is 0.895 bits per heavy atom. The zero-order valence-corrected chi connectivity index (χ0v) is 14.5. The Hall–Kier alpha value is 0.0569. The third kappa shape index (κ3) is 8.04. The predicted molar refractivity (Wildman–Crippen MR) is 82.4 cm³/mol. The monoisotopic (exact) mass is 291 g/mol. The standard InChI is InChI=1S/C14H33NO3Si/c1-6-8-11-14(10-7-2)15-12-9-13-19(16-3,17-4)18-5/h14-15H,6-13H2,1-5H3. The summed E-state index contributed by atoms with van der Waals surface area (Å²) in [5.74, 6) is 0. The van der Waals surface area contributed by atoms with Crippen LogP contribution in [0.15, 0.2) is 0 Å². The first-order valence-electron chi connectivity index (χ1n) is 7.56. The summed E-state index contributed by atoms with van der Waals surface area (Å²) in [4.78, 5) is 0. The van der Waals surface area contributed by atoms with Gasteiger partial charge in [-0.15, -0.1) is 0 Å². The Labute approximate surface area is 120 Å². The van der Waals surface area contributed by atoms with Gasteiger partial charge in [-0.05, 0) is 25.8 Å². The molecule has 0 aromatic carbocycles. The molecular formula is C14H33NO3Si. The van der Waals surface area contributed by atoms with Crippen LogP contribution in [0.4, 0.5) is 0 Å². The van der Waals surface area contributed by atoms with Gasteiger partial charge >= 0.3 is 8.80 Å². The van der Waals surface area contributed by atoms with Gasteiger partial charge in [0.15, 0.2) is 0 Å². The molecule has 0 aliphatic carbocycles. The lowest BCUT2D eigenvalue weighted by Crippen LogP contribution is -2.43. The molecule has 0 saturated carbocycles. The van der Waals surface area contributed by atoms with Crippen molar-refractivity contribution in [2.24, 2.45) is 0 Å². The van der Waals surface area contributed by atoms with Crippen molar-refractivity contribution >= 4 is 8.80 Å². The van der Waals surface area contributed by atoms with E-state index in [2.05, 4.69) is 19.2 Å². The molecule has 0 aliphatic rings. The van der Waals surface area contributed by atoms with E-state index in [1.807, 2.05) is 0 Å². The molecular weight excluding hydrogens is 258 g/mol. The van der Waals surface area contributed by atoms with E-state index in [0.29, 0.717) is 6.04 Å². The highest BCUT2D eigenvalue weighted by atomic mass is 28.4. The maximum absolute atomic E-state index is 5.42. The number of nitrogens with one attached hydrogen (secondary N) is 1. The van der Waals surface area contributed by atoms with E-state index in [9.17, 15) is 0 Å². The highest BCUT2D eigenvalue weighted by molar-refractivity contribution is 6.60. The van der Waals surface area contributed by atoms with Crippen LogP contribution in [0.1, 0.15) is 52.4 Å². The third-order valence-electron chi connectivity index (χ3n) is 3.57. The largest absolute Gasteiger partial charge is 0.500 e. The van der Waals surface area contributed by atoms with Gasteiger partial charge in [-0.1, -0.05) is 33.1 Å². The molecule has 1 atom stereocenters. The van der Waals surface area contributed by atoms with Crippen LogP contribution in [0.5, 0.6) is 0 Å².